The van der Waals surface area contributed by atoms with Crippen molar-refractivity contribution in [2.75, 3.05) is 24.2 Å². The van der Waals surface area contributed by atoms with Crippen molar-refractivity contribution in [3.8, 4) is 0 Å². The van der Waals surface area contributed by atoms with Gasteiger partial charge in [0.2, 0.25) is 5.95 Å². The van der Waals surface area contributed by atoms with Gasteiger partial charge in [-0.15, -0.1) is 0 Å². The summed E-state index contributed by atoms with van der Waals surface area (Å²) in [5.74, 6) is -0.262. The van der Waals surface area contributed by atoms with E-state index in [1.807, 2.05) is 0 Å². The summed E-state index contributed by atoms with van der Waals surface area (Å²) in [5.41, 5.74) is 1.72. The third-order valence-corrected chi connectivity index (χ3v) is 6.40. The molecule has 1 aliphatic rings. The van der Waals surface area contributed by atoms with E-state index in [2.05, 4.69) is 42.5 Å². The number of aliphatic carboxylic acids is 1. The summed E-state index contributed by atoms with van der Waals surface area (Å²) in [7, 11) is 2.07. The lowest BCUT2D eigenvalue weighted by Gasteiger charge is -2.35. The molecule has 34 heavy (non-hydrogen) atoms. The van der Waals surface area contributed by atoms with Gasteiger partial charge in [0.25, 0.3) is 0 Å². The molecule has 0 radical (unpaired) electrons. The highest BCUT2D eigenvalue weighted by Crippen LogP contribution is 2.27. The van der Waals surface area contributed by atoms with Crippen molar-refractivity contribution < 1.29 is 14.3 Å². The number of anilines is 3. The van der Waals surface area contributed by atoms with E-state index >= 15 is 0 Å². The van der Waals surface area contributed by atoms with E-state index in [-0.39, 0.29) is 17.5 Å². The summed E-state index contributed by atoms with van der Waals surface area (Å²) in [6, 6.07) is 5.06. The summed E-state index contributed by atoms with van der Waals surface area (Å²) >= 11 is 5.89. The Labute approximate surface area is 201 Å². The van der Waals surface area contributed by atoms with Gasteiger partial charge < -0.3 is 20.6 Å². The van der Waals surface area contributed by atoms with Crippen LogP contribution in [-0.2, 0) is 4.79 Å². The second-order valence-corrected chi connectivity index (χ2v) is 8.94. The van der Waals surface area contributed by atoms with Crippen LogP contribution >= 0.6 is 11.6 Å². The fourth-order valence-corrected chi connectivity index (χ4v) is 4.41. The number of benzene rings is 1. The van der Waals surface area contributed by atoms with Crippen molar-refractivity contribution in [1.29, 1.82) is 0 Å². The maximum Gasteiger partial charge on any atom is 0.303 e. The Hall–Kier alpha value is -3.11. The molecule has 1 saturated carbocycles. The van der Waals surface area contributed by atoms with Gasteiger partial charge in [-0.3, -0.25) is 4.79 Å². The van der Waals surface area contributed by atoms with Gasteiger partial charge in [-0.05, 0) is 63.9 Å². The van der Waals surface area contributed by atoms with E-state index in [4.69, 9.17) is 16.7 Å². The van der Waals surface area contributed by atoms with E-state index in [0.29, 0.717) is 40.9 Å². The molecular formula is C23H27ClFN7O2. The van der Waals surface area contributed by atoms with E-state index < -0.39 is 11.8 Å². The molecule has 3 N–H and O–H groups in total. The molecule has 0 unspecified atom stereocenters. The smallest absolute Gasteiger partial charge is 0.303 e. The van der Waals surface area contributed by atoms with Gasteiger partial charge in [0.05, 0.1) is 11.2 Å². The molecule has 0 spiro atoms. The Morgan fingerprint density at radius 2 is 2.03 bits per heavy atom. The molecule has 3 aromatic rings. The van der Waals surface area contributed by atoms with E-state index in [0.717, 1.165) is 32.2 Å². The molecule has 180 valence electrons. The van der Waals surface area contributed by atoms with Gasteiger partial charge >= 0.3 is 5.97 Å². The largest absolute Gasteiger partial charge is 0.481 e. The average molecular weight is 488 g/mol. The fraction of sp³-hybridized carbons (Fsp3) is 0.435. The van der Waals surface area contributed by atoms with Crippen LogP contribution in [0.2, 0.25) is 5.02 Å². The first-order valence-electron chi connectivity index (χ1n) is 11.3. The Morgan fingerprint density at radius 3 is 2.76 bits per heavy atom. The van der Waals surface area contributed by atoms with Crippen molar-refractivity contribution in [1.82, 2.24) is 24.8 Å². The monoisotopic (exact) mass is 487 g/mol. The first kappa shape index (κ1) is 24.0. The number of fused-ring (bicyclic) bond motifs is 1. The van der Waals surface area contributed by atoms with Crippen LogP contribution in [0.3, 0.4) is 0 Å². The van der Waals surface area contributed by atoms with Crippen LogP contribution in [-0.4, -0.2) is 61.6 Å². The van der Waals surface area contributed by atoms with Crippen LogP contribution in [0.1, 0.15) is 38.5 Å². The van der Waals surface area contributed by atoms with Crippen LogP contribution in [0, 0.1) is 5.82 Å². The summed E-state index contributed by atoms with van der Waals surface area (Å²) in [6.07, 6.45) is 7.93. The molecule has 0 bridgehead atoms. The van der Waals surface area contributed by atoms with Gasteiger partial charge in [-0.25, -0.2) is 24.3 Å². The molecule has 2 heterocycles. The molecule has 1 aliphatic carbocycles. The second kappa shape index (κ2) is 10.9. The van der Waals surface area contributed by atoms with Crippen molar-refractivity contribution in [2.45, 2.75) is 50.6 Å². The Bertz CT molecular complexity index is 1160. The first-order chi connectivity index (χ1) is 16.4. The van der Waals surface area contributed by atoms with Crippen molar-refractivity contribution in [2.24, 2.45) is 0 Å². The lowest BCUT2D eigenvalue weighted by Crippen LogP contribution is -2.39. The predicted molar refractivity (Wildman–Crippen MR) is 129 cm³/mol. The molecule has 1 fully saturated rings. The highest BCUT2D eigenvalue weighted by Gasteiger charge is 2.24. The Kier molecular flexibility index (Phi) is 7.69. The summed E-state index contributed by atoms with van der Waals surface area (Å²) in [5, 5.41) is 15.4. The van der Waals surface area contributed by atoms with Crippen LogP contribution in [0.5, 0.6) is 0 Å². The molecule has 0 amide bonds. The molecule has 11 heteroatoms. The van der Waals surface area contributed by atoms with E-state index in [1.165, 1.54) is 18.5 Å². The van der Waals surface area contributed by atoms with Crippen molar-refractivity contribution in [3.05, 3.63) is 41.6 Å². The molecule has 2 aromatic heterocycles. The topological polar surface area (TPSA) is 116 Å². The summed E-state index contributed by atoms with van der Waals surface area (Å²) in [4.78, 5) is 30.6. The van der Waals surface area contributed by atoms with Gasteiger partial charge in [0.1, 0.15) is 23.2 Å². The molecule has 4 rings (SSSR count). The van der Waals surface area contributed by atoms with Crippen molar-refractivity contribution >= 4 is 46.1 Å². The highest BCUT2D eigenvalue weighted by molar-refractivity contribution is 6.31. The predicted octanol–water partition coefficient (Wildman–Crippen LogP) is 4.48. The average Bonchev–Trinajstić information content (AvgIpc) is 2.82. The zero-order chi connectivity index (χ0) is 24.1. The number of carboxylic acid groups (broad SMARTS) is 1. The van der Waals surface area contributed by atoms with Crippen LogP contribution in [0.4, 0.5) is 21.8 Å². The SMILES string of the molecule is CN(CCCC(=O)O)C1CCC(Nc2ncc3ncnc(Nc4ccc(F)c(Cl)c4)c3n2)CC1. The van der Waals surface area contributed by atoms with Crippen molar-refractivity contribution in [3.63, 3.8) is 0 Å². The minimum absolute atomic E-state index is 0.0171. The van der Waals surface area contributed by atoms with Gasteiger partial charge in [-0.1, -0.05) is 11.6 Å². The first-order valence-corrected chi connectivity index (χ1v) is 11.6. The third kappa shape index (κ3) is 6.06. The minimum atomic E-state index is -0.748. The fourth-order valence-electron chi connectivity index (χ4n) is 4.23. The van der Waals surface area contributed by atoms with Gasteiger partial charge in [0.15, 0.2) is 5.82 Å². The minimum Gasteiger partial charge on any atom is -0.481 e. The zero-order valence-electron chi connectivity index (χ0n) is 18.8. The number of hydrogen-bond acceptors (Lipinski definition) is 8. The number of carboxylic acids is 1. The number of aromatic nitrogens is 4. The second-order valence-electron chi connectivity index (χ2n) is 8.53. The quantitative estimate of drug-likeness (QED) is 0.401. The Balaban J connectivity index is 1.39. The number of carbonyl (C=O) groups is 1. The third-order valence-electron chi connectivity index (χ3n) is 6.11. The van der Waals surface area contributed by atoms with Crippen LogP contribution in [0.15, 0.2) is 30.7 Å². The number of halogens is 2. The molecule has 9 nitrogen and oxygen atoms in total. The number of nitrogens with one attached hydrogen (secondary N) is 2. The van der Waals surface area contributed by atoms with Gasteiger partial charge in [-0.2, -0.15) is 0 Å². The molecular weight excluding hydrogens is 461 g/mol. The maximum absolute atomic E-state index is 13.5. The number of nitrogens with zero attached hydrogens (tertiary/aromatic N) is 5. The molecule has 1 aromatic carbocycles. The molecule has 0 atom stereocenters. The Morgan fingerprint density at radius 1 is 1.24 bits per heavy atom. The zero-order valence-corrected chi connectivity index (χ0v) is 19.6. The number of rotatable bonds is 9. The standard InChI is InChI=1S/C23H27ClFN7O2/c1-32(10-2-3-20(33)34)16-7-4-14(5-8-16)30-23-26-12-19-21(31-23)22(28-13-27-19)29-15-6-9-18(25)17(24)11-15/h6,9,11-14,16H,2-5,7-8,10H2,1H3,(H,33,34)(H,26,30,31)(H,27,28,29). The molecule has 0 aliphatic heterocycles. The van der Waals surface area contributed by atoms with E-state index in [1.54, 1.807) is 12.3 Å². The maximum atomic E-state index is 13.5. The lowest BCUT2D eigenvalue weighted by atomic mass is 9.90. The highest BCUT2D eigenvalue weighted by atomic mass is 35.5. The normalized spacial score (nSPS) is 18.2. The van der Waals surface area contributed by atoms with Crippen LogP contribution in [0.25, 0.3) is 11.0 Å². The van der Waals surface area contributed by atoms with E-state index in [9.17, 15) is 9.18 Å². The lowest BCUT2D eigenvalue weighted by molar-refractivity contribution is -0.137. The van der Waals surface area contributed by atoms with Gasteiger partial charge in [0, 0.05) is 24.2 Å². The molecule has 0 saturated heterocycles. The number of hydrogen-bond donors (Lipinski definition) is 3. The van der Waals surface area contributed by atoms with Crippen LogP contribution < -0.4 is 10.6 Å². The summed E-state index contributed by atoms with van der Waals surface area (Å²) in [6.45, 7) is 0.790. The summed E-state index contributed by atoms with van der Waals surface area (Å²) < 4.78 is 13.5.